The van der Waals surface area contributed by atoms with Crippen LogP contribution in [-0.2, 0) is 22.4 Å². The van der Waals surface area contributed by atoms with Crippen LogP contribution in [0.4, 0.5) is 5.69 Å². The number of hydrogen-bond acceptors (Lipinski definition) is 8. The summed E-state index contributed by atoms with van der Waals surface area (Å²) in [4.78, 5) is 26.2. The zero-order valence-corrected chi connectivity index (χ0v) is 26.1. The largest absolute Gasteiger partial charge is 0.496 e. The number of hydrogen-bond donors (Lipinski definition) is 0. The van der Waals surface area contributed by atoms with Gasteiger partial charge in [0.1, 0.15) is 35.2 Å². The lowest BCUT2D eigenvalue weighted by atomic mass is 9.82. The molecule has 2 fully saturated rings. The summed E-state index contributed by atoms with van der Waals surface area (Å²) in [5.41, 5.74) is 3.92. The molecule has 0 amide bonds. The minimum Gasteiger partial charge on any atom is -0.496 e. The van der Waals surface area contributed by atoms with E-state index in [1.807, 2.05) is 36.4 Å². The van der Waals surface area contributed by atoms with Gasteiger partial charge in [0.25, 0.3) is 0 Å². The van der Waals surface area contributed by atoms with Crippen molar-refractivity contribution in [3.8, 4) is 17.4 Å². The van der Waals surface area contributed by atoms with Gasteiger partial charge in [0.15, 0.2) is 0 Å². The summed E-state index contributed by atoms with van der Waals surface area (Å²) in [5.74, 6) is 1.73. The molecular formula is C33H35Cl2N3O5. The van der Waals surface area contributed by atoms with E-state index in [0.717, 1.165) is 60.4 Å². The molecule has 6 rings (SSSR count). The molecule has 2 saturated carbocycles. The van der Waals surface area contributed by atoms with E-state index in [9.17, 15) is 4.79 Å². The number of aliphatic imine (C=N–C) groups is 1. The first-order valence-corrected chi connectivity index (χ1v) is 15.5. The first kappa shape index (κ1) is 29.7. The number of carbonyl (C=O) groups excluding carboxylic acids is 1. The quantitative estimate of drug-likeness (QED) is 0.230. The van der Waals surface area contributed by atoms with Crippen molar-refractivity contribution in [3.63, 3.8) is 0 Å². The third-order valence-electron chi connectivity index (χ3n) is 8.63. The van der Waals surface area contributed by atoms with Gasteiger partial charge in [0.05, 0.1) is 36.6 Å². The lowest BCUT2D eigenvalue weighted by Gasteiger charge is -2.33. The Labute approximate surface area is 261 Å². The highest BCUT2D eigenvalue weighted by atomic mass is 35.5. The molecule has 1 unspecified atom stereocenters. The number of aromatic nitrogens is 2. The third kappa shape index (κ3) is 6.60. The number of methoxy groups -OCH3 is 2. The number of carbonyl (C=O) groups is 1. The second-order valence-electron chi connectivity index (χ2n) is 11.9. The fraction of sp³-hybridized carbons (Fsp3) is 0.455. The van der Waals surface area contributed by atoms with Gasteiger partial charge in [-0.1, -0.05) is 35.3 Å². The van der Waals surface area contributed by atoms with Crippen LogP contribution in [-0.4, -0.2) is 47.6 Å². The number of esters is 1. The van der Waals surface area contributed by atoms with Crippen LogP contribution in [0.15, 0.2) is 47.7 Å². The molecule has 226 valence electrons. The molecule has 8 nitrogen and oxygen atoms in total. The summed E-state index contributed by atoms with van der Waals surface area (Å²) < 4.78 is 23.1. The molecule has 0 N–H and O–H groups in total. The zero-order chi connectivity index (χ0) is 30.1. The van der Waals surface area contributed by atoms with Gasteiger partial charge in [0.2, 0.25) is 5.88 Å². The smallest absolute Gasteiger partial charge is 0.308 e. The Kier molecular flexibility index (Phi) is 8.51. The maximum Gasteiger partial charge on any atom is 0.308 e. The molecular weight excluding hydrogens is 589 g/mol. The molecule has 3 aliphatic rings. The molecule has 10 heteroatoms. The van der Waals surface area contributed by atoms with Crippen LogP contribution in [0.5, 0.6) is 17.4 Å². The van der Waals surface area contributed by atoms with E-state index >= 15 is 0 Å². The maximum atomic E-state index is 11.9. The molecule has 3 aromatic rings. The summed E-state index contributed by atoms with van der Waals surface area (Å²) in [6.45, 7) is 2.09. The Balaban J connectivity index is 1.35. The van der Waals surface area contributed by atoms with Gasteiger partial charge in [-0.05, 0) is 94.0 Å². The average Bonchev–Trinajstić information content (AvgIpc) is 3.69. The van der Waals surface area contributed by atoms with E-state index in [2.05, 4.69) is 16.9 Å². The molecule has 2 heterocycles. The summed E-state index contributed by atoms with van der Waals surface area (Å²) in [6, 6.07) is 11.5. The lowest BCUT2D eigenvalue weighted by molar-refractivity contribution is -0.151. The van der Waals surface area contributed by atoms with Crippen molar-refractivity contribution < 1.29 is 23.7 Å². The zero-order valence-electron chi connectivity index (χ0n) is 24.6. The Morgan fingerprint density at radius 1 is 1.07 bits per heavy atom. The monoisotopic (exact) mass is 623 g/mol. The molecule has 0 radical (unpaired) electrons. The standard InChI is InChI=1S/C33H35Cl2N3O5/c1-33(11-12-33)43-31-30-25(36-18-37-31)9-7-19(13-20-15-22(34)8-10-27(20)40-2)14-26(38-30)24-5-4-6-28(29(24)35)42-23-16-21(17-23)32(39)41-3/h4-6,8,10,15,18-19,21,23H,7,9,11-14,16-17H2,1-3H3. The van der Waals surface area contributed by atoms with Crippen molar-refractivity contribution in [1.29, 1.82) is 0 Å². The topological polar surface area (TPSA) is 92.1 Å². The predicted octanol–water partition coefficient (Wildman–Crippen LogP) is 7.37. The Morgan fingerprint density at radius 3 is 2.63 bits per heavy atom. The number of halogens is 2. The van der Waals surface area contributed by atoms with Gasteiger partial charge in [-0.3, -0.25) is 4.79 Å². The molecule has 0 bridgehead atoms. The molecule has 1 atom stereocenters. The molecule has 0 spiro atoms. The molecule has 2 aliphatic carbocycles. The second kappa shape index (κ2) is 12.3. The van der Waals surface area contributed by atoms with Gasteiger partial charge in [0, 0.05) is 10.6 Å². The summed E-state index contributed by atoms with van der Waals surface area (Å²) in [5, 5.41) is 1.15. The van der Waals surface area contributed by atoms with Gasteiger partial charge in [-0.15, -0.1) is 0 Å². The number of ether oxygens (including phenoxy) is 4. The minimum absolute atomic E-state index is 0.104. The maximum absolute atomic E-state index is 11.9. The minimum atomic E-state index is -0.220. The summed E-state index contributed by atoms with van der Waals surface area (Å²) in [7, 11) is 3.08. The average molecular weight is 625 g/mol. The van der Waals surface area contributed by atoms with Crippen LogP contribution in [0.3, 0.4) is 0 Å². The fourth-order valence-corrected chi connectivity index (χ4v) is 6.24. The first-order chi connectivity index (χ1) is 20.7. The van der Waals surface area contributed by atoms with E-state index in [1.165, 1.54) is 7.11 Å². The third-order valence-corrected chi connectivity index (χ3v) is 9.25. The SMILES string of the molecule is COC(=O)C1CC(Oc2cccc(C3=Nc4c(ncnc4OC4(C)CC4)CCC(Cc4cc(Cl)ccc4OC)C3)c2Cl)C1. The predicted molar refractivity (Wildman–Crippen MR) is 165 cm³/mol. The van der Waals surface area contributed by atoms with E-state index < -0.39 is 0 Å². The summed E-state index contributed by atoms with van der Waals surface area (Å²) in [6.07, 6.45) is 7.61. The Bertz CT molecular complexity index is 1550. The van der Waals surface area contributed by atoms with E-state index in [0.29, 0.717) is 46.6 Å². The fourth-order valence-electron chi connectivity index (χ4n) is 5.76. The van der Waals surface area contributed by atoms with Gasteiger partial charge >= 0.3 is 5.97 Å². The lowest BCUT2D eigenvalue weighted by Crippen LogP contribution is -2.38. The van der Waals surface area contributed by atoms with E-state index in [-0.39, 0.29) is 29.5 Å². The first-order valence-electron chi connectivity index (χ1n) is 14.7. The molecule has 0 saturated heterocycles. The number of aryl methyl sites for hydroxylation is 1. The van der Waals surface area contributed by atoms with Crippen molar-refractivity contribution in [2.45, 2.75) is 70.0 Å². The van der Waals surface area contributed by atoms with Crippen molar-refractivity contribution in [3.05, 3.63) is 69.6 Å². The van der Waals surface area contributed by atoms with Gasteiger partial charge < -0.3 is 18.9 Å². The van der Waals surface area contributed by atoms with Crippen molar-refractivity contribution >= 4 is 40.6 Å². The molecule has 1 aromatic heterocycles. The van der Waals surface area contributed by atoms with Crippen LogP contribution < -0.4 is 14.2 Å². The highest BCUT2D eigenvalue weighted by Gasteiger charge is 2.41. The van der Waals surface area contributed by atoms with Crippen LogP contribution in [0.25, 0.3) is 0 Å². The number of nitrogens with zero attached hydrogens (tertiary/aromatic N) is 3. The number of rotatable bonds is 9. The van der Waals surface area contributed by atoms with Gasteiger partial charge in [-0.25, -0.2) is 9.98 Å². The Hall–Kier alpha value is -3.36. The molecule has 2 aromatic carbocycles. The van der Waals surface area contributed by atoms with E-state index in [1.54, 1.807) is 13.4 Å². The summed E-state index contributed by atoms with van der Waals surface area (Å²) >= 11 is 13.4. The van der Waals surface area contributed by atoms with Crippen LogP contribution in [0, 0.1) is 11.8 Å². The molecule has 1 aliphatic heterocycles. The second-order valence-corrected chi connectivity index (χ2v) is 12.7. The van der Waals surface area contributed by atoms with Crippen LogP contribution in [0.2, 0.25) is 10.0 Å². The van der Waals surface area contributed by atoms with Crippen molar-refractivity contribution in [2.75, 3.05) is 14.2 Å². The van der Waals surface area contributed by atoms with Crippen molar-refractivity contribution in [2.24, 2.45) is 16.8 Å². The number of benzene rings is 2. The Morgan fingerprint density at radius 2 is 1.88 bits per heavy atom. The van der Waals surface area contributed by atoms with E-state index in [4.69, 9.17) is 47.1 Å². The van der Waals surface area contributed by atoms with Crippen LogP contribution in [0.1, 0.15) is 62.3 Å². The molecule has 43 heavy (non-hydrogen) atoms. The highest BCUT2D eigenvalue weighted by Crippen LogP contribution is 2.44. The van der Waals surface area contributed by atoms with Crippen molar-refractivity contribution in [1.82, 2.24) is 9.97 Å². The number of fused-ring (bicyclic) bond motifs is 1. The van der Waals surface area contributed by atoms with Crippen LogP contribution >= 0.6 is 23.2 Å². The highest BCUT2D eigenvalue weighted by molar-refractivity contribution is 6.35. The normalized spacial score (nSPS) is 22.2. The van der Waals surface area contributed by atoms with Gasteiger partial charge in [-0.2, -0.15) is 4.98 Å².